The average Bonchev–Trinajstić information content (AvgIpc) is 2.19. The van der Waals surface area contributed by atoms with E-state index in [-0.39, 0.29) is 6.61 Å². The fraction of sp³-hybridized carbons (Fsp3) is 1.00. The standard InChI is InChI=1S/C7H15NO4/c9-3-4-6(11)7(12)5(10)1-2-8-4/h4-12H,1-3H2/t4-,5+,6+,7+/m0/s1. The molecule has 0 amide bonds. The minimum absolute atomic E-state index is 0.245. The van der Waals surface area contributed by atoms with Crippen LogP contribution in [0, 0.1) is 0 Å². The smallest absolute Gasteiger partial charge is 0.107 e. The van der Waals surface area contributed by atoms with Gasteiger partial charge >= 0.3 is 0 Å². The summed E-state index contributed by atoms with van der Waals surface area (Å²) in [6.45, 7) is 0.242. The van der Waals surface area contributed by atoms with Crippen molar-refractivity contribution < 1.29 is 20.4 Å². The van der Waals surface area contributed by atoms with Crippen molar-refractivity contribution in [2.45, 2.75) is 30.8 Å². The minimum atomic E-state index is -1.17. The Morgan fingerprint density at radius 1 is 1.17 bits per heavy atom. The van der Waals surface area contributed by atoms with Crippen LogP contribution in [0.1, 0.15) is 6.42 Å². The van der Waals surface area contributed by atoms with Crippen molar-refractivity contribution in [3.05, 3.63) is 0 Å². The lowest BCUT2D eigenvalue weighted by Crippen LogP contribution is -2.48. The van der Waals surface area contributed by atoms with Crippen LogP contribution in [0.4, 0.5) is 0 Å². The van der Waals surface area contributed by atoms with Gasteiger partial charge in [0.15, 0.2) is 0 Å². The second-order valence-electron chi connectivity index (χ2n) is 3.08. The van der Waals surface area contributed by atoms with E-state index in [1.165, 1.54) is 0 Å². The number of rotatable bonds is 1. The van der Waals surface area contributed by atoms with Crippen LogP contribution in [0.3, 0.4) is 0 Å². The van der Waals surface area contributed by atoms with Crippen molar-refractivity contribution in [1.82, 2.24) is 5.32 Å². The molecule has 0 aromatic heterocycles. The normalized spacial score (nSPS) is 44.0. The number of aliphatic hydroxyl groups excluding tert-OH is 4. The average molecular weight is 177 g/mol. The maximum atomic E-state index is 9.36. The first-order valence-electron chi connectivity index (χ1n) is 4.05. The number of aliphatic hydroxyl groups is 4. The van der Waals surface area contributed by atoms with Gasteiger partial charge in [0, 0.05) is 0 Å². The molecular formula is C7H15NO4. The summed E-state index contributed by atoms with van der Waals surface area (Å²) in [5.41, 5.74) is 0. The van der Waals surface area contributed by atoms with Crippen molar-refractivity contribution in [3.63, 3.8) is 0 Å². The van der Waals surface area contributed by atoms with Crippen LogP contribution < -0.4 is 5.32 Å². The van der Waals surface area contributed by atoms with Crippen LogP contribution >= 0.6 is 0 Å². The zero-order valence-electron chi connectivity index (χ0n) is 6.72. The van der Waals surface area contributed by atoms with Crippen molar-refractivity contribution in [1.29, 1.82) is 0 Å². The van der Waals surface area contributed by atoms with Crippen LogP contribution in [-0.2, 0) is 0 Å². The van der Waals surface area contributed by atoms with Gasteiger partial charge in [0.1, 0.15) is 6.10 Å². The van der Waals surface area contributed by atoms with Crippen LogP contribution in [0.2, 0.25) is 0 Å². The molecular weight excluding hydrogens is 162 g/mol. The lowest BCUT2D eigenvalue weighted by atomic mass is 10.0. The van der Waals surface area contributed by atoms with E-state index in [0.29, 0.717) is 13.0 Å². The van der Waals surface area contributed by atoms with E-state index in [0.717, 1.165) is 0 Å². The molecule has 12 heavy (non-hydrogen) atoms. The second kappa shape index (κ2) is 4.15. The second-order valence-corrected chi connectivity index (χ2v) is 3.08. The molecule has 5 nitrogen and oxygen atoms in total. The molecule has 1 fully saturated rings. The lowest BCUT2D eigenvalue weighted by molar-refractivity contribution is -0.0674. The molecule has 0 aliphatic carbocycles. The summed E-state index contributed by atoms with van der Waals surface area (Å²) in [6, 6.07) is -0.544. The third-order valence-corrected chi connectivity index (χ3v) is 2.20. The van der Waals surface area contributed by atoms with Gasteiger partial charge < -0.3 is 25.7 Å². The molecule has 1 rings (SSSR count). The van der Waals surface area contributed by atoms with Gasteiger partial charge in [0.2, 0.25) is 0 Å². The molecule has 0 bridgehead atoms. The lowest BCUT2D eigenvalue weighted by Gasteiger charge is -2.24. The Morgan fingerprint density at radius 2 is 1.83 bits per heavy atom. The molecule has 0 unspecified atom stereocenters. The largest absolute Gasteiger partial charge is 0.395 e. The quantitative estimate of drug-likeness (QED) is 0.303. The van der Waals surface area contributed by atoms with Crippen LogP contribution in [0.25, 0.3) is 0 Å². The number of nitrogens with one attached hydrogen (secondary N) is 1. The number of hydrogen-bond donors (Lipinski definition) is 5. The van der Waals surface area contributed by atoms with Crippen molar-refractivity contribution >= 4 is 0 Å². The summed E-state index contributed by atoms with van der Waals surface area (Å²) in [4.78, 5) is 0. The van der Waals surface area contributed by atoms with E-state index < -0.39 is 24.4 Å². The van der Waals surface area contributed by atoms with Crippen LogP contribution in [0.15, 0.2) is 0 Å². The third-order valence-electron chi connectivity index (χ3n) is 2.20. The first-order valence-corrected chi connectivity index (χ1v) is 4.05. The maximum Gasteiger partial charge on any atom is 0.107 e. The van der Waals surface area contributed by atoms with Crippen molar-refractivity contribution in [2.24, 2.45) is 0 Å². The summed E-state index contributed by atoms with van der Waals surface area (Å²) < 4.78 is 0. The predicted molar refractivity (Wildman–Crippen MR) is 41.5 cm³/mol. The van der Waals surface area contributed by atoms with E-state index in [1.54, 1.807) is 0 Å². The van der Waals surface area contributed by atoms with E-state index in [2.05, 4.69) is 5.32 Å². The summed E-state index contributed by atoms with van der Waals surface area (Å²) in [5.74, 6) is 0. The van der Waals surface area contributed by atoms with Gasteiger partial charge in [-0.2, -0.15) is 0 Å². The third kappa shape index (κ3) is 1.94. The Balaban J connectivity index is 2.59. The molecule has 1 saturated heterocycles. The highest BCUT2D eigenvalue weighted by molar-refractivity contribution is 4.88. The topological polar surface area (TPSA) is 93.0 Å². The maximum absolute atomic E-state index is 9.36. The Hall–Kier alpha value is -0.200. The minimum Gasteiger partial charge on any atom is -0.395 e. The Morgan fingerprint density at radius 3 is 2.42 bits per heavy atom. The Labute approximate surface area is 70.6 Å². The molecule has 0 spiro atoms. The van der Waals surface area contributed by atoms with Gasteiger partial charge in [0.05, 0.1) is 24.9 Å². The molecule has 1 aliphatic rings. The van der Waals surface area contributed by atoms with Crippen LogP contribution in [-0.4, -0.2) is 57.9 Å². The zero-order valence-corrected chi connectivity index (χ0v) is 6.72. The van der Waals surface area contributed by atoms with Gasteiger partial charge in [-0.1, -0.05) is 0 Å². The number of hydrogen-bond acceptors (Lipinski definition) is 5. The van der Waals surface area contributed by atoms with Gasteiger partial charge in [-0.25, -0.2) is 0 Å². The van der Waals surface area contributed by atoms with Gasteiger partial charge in [-0.3, -0.25) is 0 Å². The molecule has 5 heteroatoms. The molecule has 4 atom stereocenters. The van der Waals surface area contributed by atoms with Crippen molar-refractivity contribution in [3.8, 4) is 0 Å². The Kier molecular flexibility index (Phi) is 3.42. The fourth-order valence-corrected chi connectivity index (χ4v) is 1.35. The van der Waals surface area contributed by atoms with Gasteiger partial charge in [-0.15, -0.1) is 0 Å². The van der Waals surface area contributed by atoms with E-state index in [9.17, 15) is 15.3 Å². The summed E-state index contributed by atoms with van der Waals surface area (Å²) in [5, 5.41) is 39.4. The Bertz CT molecular complexity index is 141. The highest BCUT2D eigenvalue weighted by atomic mass is 16.4. The molecule has 0 aromatic rings. The first kappa shape index (κ1) is 9.88. The summed E-state index contributed by atoms with van der Waals surface area (Å²) in [7, 11) is 0. The molecule has 5 N–H and O–H groups in total. The first-order chi connectivity index (χ1) is 5.66. The SMILES string of the molecule is OC[C@@H]1NCC[C@@H](O)[C@@H](O)[C@@H]1O. The predicted octanol–water partition coefficient (Wildman–Crippen LogP) is -2.58. The highest BCUT2D eigenvalue weighted by Gasteiger charge is 2.33. The zero-order chi connectivity index (χ0) is 9.14. The van der Waals surface area contributed by atoms with E-state index in [1.807, 2.05) is 0 Å². The van der Waals surface area contributed by atoms with E-state index in [4.69, 9.17) is 5.11 Å². The van der Waals surface area contributed by atoms with Gasteiger partial charge in [-0.05, 0) is 13.0 Å². The molecule has 1 heterocycles. The molecule has 0 aromatic carbocycles. The van der Waals surface area contributed by atoms with Crippen LogP contribution in [0.5, 0.6) is 0 Å². The van der Waals surface area contributed by atoms with Gasteiger partial charge in [0.25, 0.3) is 0 Å². The van der Waals surface area contributed by atoms with E-state index >= 15 is 0 Å². The van der Waals surface area contributed by atoms with Crippen molar-refractivity contribution in [2.75, 3.05) is 13.2 Å². The summed E-state index contributed by atoms with van der Waals surface area (Å²) >= 11 is 0. The highest BCUT2D eigenvalue weighted by Crippen LogP contribution is 2.11. The fourth-order valence-electron chi connectivity index (χ4n) is 1.35. The molecule has 0 radical (unpaired) electrons. The molecule has 0 saturated carbocycles. The summed E-state index contributed by atoms with van der Waals surface area (Å²) in [6.07, 6.45) is -2.80. The molecule has 72 valence electrons. The monoisotopic (exact) mass is 177 g/mol. The molecule has 1 aliphatic heterocycles.